The van der Waals surface area contributed by atoms with Crippen molar-refractivity contribution in [2.24, 2.45) is 5.92 Å². The second-order valence-corrected chi connectivity index (χ2v) is 6.37. The number of pyridine rings is 1. The van der Waals surface area contributed by atoms with Crippen LogP contribution in [0.25, 0.3) is 10.9 Å². The van der Waals surface area contributed by atoms with E-state index in [1.54, 1.807) is 6.20 Å². The van der Waals surface area contributed by atoms with E-state index in [0.717, 1.165) is 35.9 Å². The number of nitrogens with zero attached hydrogens (tertiary/aromatic N) is 2. The van der Waals surface area contributed by atoms with Crippen LogP contribution in [0.3, 0.4) is 0 Å². The van der Waals surface area contributed by atoms with E-state index in [0.29, 0.717) is 11.6 Å². The molecule has 1 aliphatic rings. The fourth-order valence-electron chi connectivity index (χ4n) is 3.33. The summed E-state index contributed by atoms with van der Waals surface area (Å²) in [5.74, 6) is -1.00. The lowest BCUT2D eigenvalue weighted by atomic mass is 9.90. The van der Waals surface area contributed by atoms with Gasteiger partial charge in [0.1, 0.15) is 0 Å². The first-order chi connectivity index (χ1) is 10.6. The van der Waals surface area contributed by atoms with Gasteiger partial charge in [-0.2, -0.15) is 0 Å². The number of hydrogen-bond donors (Lipinski definition) is 1. The maximum atomic E-state index is 11.4. The van der Waals surface area contributed by atoms with Crippen LogP contribution in [0.1, 0.15) is 25.3 Å². The molecular formula is C17H19ClN2O2. The number of piperidine rings is 1. The number of rotatable bonds is 3. The monoisotopic (exact) mass is 318 g/mol. The first-order valence-corrected chi connectivity index (χ1v) is 7.94. The van der Waals surface area contributed by atoms with E-state index in [1.165, 1.54) is 0 Å². The molecule has 1 N–H and O–H groups in total. The van der Waals surface area contributed by atoms with Crippen molar-refractivity contribution in [3.05, 3.63) is 41.0 Å². The lowest BCUT2D eigenvalue weighted by Gasteiger charge is -2.37. The number of fused-ring (bicyclic) bond motifs is 1. The fraction of sp³-hybridized carbons (Fsp3) is 0.412. The van der Waals surface area contributed by atoms with Gasteiger partial charge in [-0.15, -0.1) is 0 Å². The molecule has 0 saturated carbocycles. The van der Waals surface area contributed by atoms with Gasteiger partial charge in [0.25, 0.3) is 0 Å². The quantitative estimate of drug-likeness (QED) is 0.940. The average molecular weight is 319 g/mol. The first kappa shape index (κ1) is 15.3. The predicted molar refractivity (Wildman–Crippen MR) is 87.0 cm³/mol. The van der Waals surface area contributed by atoms with Gasteiger partial charge in [-0.1, -0.05) is 17.7 Å². The van der Waals surface area contributed by atoms with Gasteiger partial charge in [-0.05, 0) is 50.1 Å². The summed E-state index contributed by atoms with van der Waals surface area (Å²) in [7, 11) is 0. The van der Waals surface area contributed by atoms with Crippen LogP contribution >= 0.6 is 11.6 Å². The minimum absolute atomic E-state index is 0.0176. The third-order valence-corrected chi connectivity index (χ3v) is 4.78. The van der Waals surface area contributed by atoms with Gasteiger partial charge < -0.3 is 5.11 Å². The molecule has 0 radical (unpaired) electrons. The molecule has 3 rings (SSSR count). The molecule has 2 aromatic rings. The Morgan fingerprint density at radius 3 is 3.09 bits per heavy atom. The minimum Gasteiger partial charge on any atom is -0.481 e. The number of likely N-dealkylation sites (tertiary alicyclic amines) is 1. The Balaban J connectivity index is 1.91. The standard InChI is InChI=1S/C17H19ClN2O2/c1-11-15(17(21)22)5-3-7-20(11)10-13-9-14(18)8-12-4-2-6-19-16(12)13/h2,4,6,8-9,11,15H,3,5,7,10H2,1H3,(H,21,22)/t11-,15-/m1/s1. The lowest BCUT2D eigenvalue weighted by molar-refractivity contribution is -0.145. The second kappa shape index (κ2) is 6.23. The van der Waals surface area contributed by atoms with E-state index < -0.39 is 5.97 Å². The lowest BCUT2D eigenvalue weighted by Crippen LogP contribution is -2.45. The van der Waals surface area contributed by atoms with Crippen LogP contribution in [0.15, 0.2) is 30.5 Å². The number of benzene rings is 1. The highest BCUT2D eigenvalue weighted by Gasteiger charge is 2.32. The summed E-state index contributed by atoms with van der Waals surface area (Å²) in [4.78, 5) is 18.1. The third kappa shape index (κ3) is 2.94. The second-order valence-electron chi connectivity index (χ2n) is 5.94. The number of carboxylic acid groups (broad SMARTS) is 1. The molecule has 0 aliphatic carbocycles. The van der Waals surface area contributed by atoms with E-state index in [-0.39, 0.29) is 12.0 Å². The van der Waals surface area contributed by atoms with Gasteiger partial charge >= 0.3 is 5.97 Å². The van der Waals surface area contributed by atoms with Crippen molar-refractivity contribution in [3.8, 4) is 0 Å². The van der Waals surface area contributed by atoms with Gasteiger partial charge in [0.05, 0.1) is 11.4 Å². The maximum absolute atomic E-state index is 11.4. The molecule has 2 heterocycles. The SMILES string of the molecule is C[C@@H]1[C@H](C(=O)O)CCCN1Cc1cc(Cl)cc2cccnc12. The van der Waals surface area contributed by atoms with Gasteiger partial charge in [-0.25, -0.2) is 0 Å². The highest BCUT2D eigenvalue weighted by Crippen LogP contribution is 2.28. The zero-order valence-corrected chi connectivity index (χ0v) is 13.3. The van der Waals surface area contributed by atoms with E-state index in [4.69, 9.17) is 11.6 Å². The summed E-state index contributed by atoms with van der Waals surface area (Å²) in [6.07, 6.45) is 3.44. The van der Waals surface area contributed by atoms with Crippen molar-refractivity contribution >= 4 is 28.5 Å². The first-order valence-electron chi connectivity index (χ1n) is 7.56. The van der Waals surface area contributed by atoms with Crippen LogP contribution in [0, 0.1) is 5.92 Å². The summed E-state index contributed by atoms with van der Waals surface area (Å²) in [5, 5.41) is 11.1. The summed E-state index contributed by atoms with van der Waals surface area (Å²) in [6.45, 7) is 3.59. The van der Waals surface area contributed by atoms with E-state index in [9.17, 15) is 9.90 Å². The molecular weight excluding hydrogens is 300 g/mol. The van der Waals surface area contributed by atoms with E-state index in [2.05, 4.69) is 9.88 Å². The van der Waals surface area contributed by atoms with Crippen LogP contribution in [-0.4, -0.2) is 33.5 Å². The highest BCUT2D eigenvalue weighted by atomic mass is 35.5. The van der Waals surface area contributed by atoms with Crippen LogP contribution in [0.2, 0.25) is 5.02 Å². The topological polar surface area (TPSA) is 53.4 Å². The molecule has 0 unspecified atom stereocenters. The number of hydrogen-bond acceptors (Lipinski definition) is 3. The number of halogens is 1. The smallest absolute Gasteiger partial charge is 0.308 e. The molecule has 1 aliphatic heterocycles. The molecule has 5 heteroatoms. The fourth-order valence-corrected chi connectivity index (χ4v) is 3.58. The predicted octanol–water partition coefficient (Wildman–Crippen LogP) is 3.57. The molecule has 1 saturated heterocycles. The molecule has 22 heavy (non-hydrogen) atoms. The van der Waals surface area contributed by atoms with Crippen LogP contribution in [-0.2, 0) is 11.3 Å². The van der Waals surface area contributed by atoms with Crippen LogP contribution in [0.4, 0.5) is 0 Å². The minimum atomic E-state index is -0.703. The van der Waals surface area contributed by atoms with Crippen molar-refractivity contribution in [2.75, 3.05) is 6.54 Å². The Labute approximate surface area is 134 Å². The van der Waals surface area contributed by atoms with Crippen molar-refractivity contribution < 1.29 is 9.90 Å². The normalized spacial score (nSPS) is 22.8. The van der Waals surface area contributed by atoms with Gasteiger partial charge in [0.2, 0.25) is 0 Å². The molecule has 2 atom stereocenters. The molecule has 1 aromatic carbocycles. The summed E-state index contributed by atoms with van der Waals surface area (Å²) >= 11 is 6.22. The van der Waals surface area contributed by atoms with E-state index in [1.807, 2.05) is 31.2 Å². The Morgan fingerprint density at radius 2 is 2.32 bits per heavy atom. The molecule has 1 fully saturated rings. The summed E-state index contributed by atoms with van der Waals surface area (Å²) in [6, 6.07) is 7.76. The van der Waals surface area contributed by atoms with Gasteiger partial charge in [0.15, 0.2) is 0 Å². The Morgan fingerprint density at radius 1 is 1.50 bits per heavy atom. The van der Waals surface area contributed by atoms with E-state index >= 15 is 0 Å². The van der Waals surface area contributed by atoms with Gasteiger partial charge in [-0.3, -0.25) is 14.7 Å². The molecule has 4 nitrogen and oxygen atoms in total. The number of carboxylic acids is 1. The summed E-state index contributed by atoms with van der Waals surface area (Å²) < 4.78 is 0. The molecule has 0 amide bonds. The Kier molecular flexibility index (Phi) is 4.32. The highest BCUT2D eigenvalue weighted by molar-refractivity contribution is 6.31. The molecule has 0 spiro atoms. The number of aliphatic carboxylic acids is 1. The molecule has 0 bridgehead atoms. The third-order valence-electron chi connectivity index (χ3n) is 4.56. The van der Waals surface area contributed by atoms with Gasteiger partial charge in [0, 0.05) is 29.2 Å². The van der Waals surface area contributed by atoms with Crippen molar-refractivity contribution in [2.45, 2.75) is 32.4 Å². The Hall–Kier alpha value is -1.65. The number of aromatic nitrogens is 1. The average Bonchev–Trinajstić information content (AvgIpc) is 2.49. The van der Waals surface area contributed by atoms with Crippen molar-refractivity contribution in [1.29, 1.82) is 0 Å². The van der Waals surface area contributed by atoms with Crippen molar-refractivity contribution in [3.63, 3.8) is 0 Å². The Bertz CT molecular complexity index is 704. The number of carbonyl (C=O) groups is 1. The summed E-state index contributed by atoms with van der Waals surface area (Å²) in [5.41, 5.74) is 2.00. The zero-order chi connectivity index (χ0) is 15.7. The molecule has 116 valence electrons. The van der Waals surface area contributed by atoms with Crippen LogP contribution < -0.4 is 0 Å². The largest absolute Gasteiger partial charge is 0.481 e. The van der Waals surface area contributed by atoms with Crippen LogP contribution in [0.5, 0.6) is 0 Å². The zero-order valence-electron chi connectivity index (χ0n) is 12.5. The van der Waals surface area contributed by atoms with Crippen molar-refractivity contribution in [1.82, 2.24) is 9.88 Å². The maximum Gasteiger partial charge on any atom is 0.308 e. The molecule has 1 aromatic heterocycles.